The molecule has 0 spiro atoms. The first kappa shape index (κ1) is 8.97. The molecule has 0 aromatic rings. The Kier molecular flexibility index (Phi) is 2.52. The Morgan fingerprint density at radius 1 is 1.64 bits per heavy atom. The highest BCUT2D eigenvalue weighted by Gasteiger charge is 2.33. The maximum atomic E-state index is 6.03. The SMILES string of the molecule is CN1CCC(C(C)(N)CN)C1. The maximum Gasteiger partial charge on any atom is 0.0291 e. The summed E-state index contributed by atoms with van der Waals surface area (Å²) in [7, 11) is 2.13. The molecule has 3 heteroatoms. The summed E-state index contributed by atoms with van der Waals surface area (Å²) in [5.74, 6) is 0.581. The van der Waals surface area contributed by atoms with Crippen LogP contribution in [0.1, 0.15) is 13.3 Å². The minimum absolute atomic E-state index is 0.162. The highest BCUT2D eigenvalue weighted by molar-refractivity contribution is 4.92. The molecule has 1 aliphatic rings. The molecule has 1 saturated heterocycles. The number of likely N-dealkylation sites (tertiary alicyclic amines) is 1. The summed E-state index contributed by atoms with van der Waals surface area (Å²) in [5.41, 5.74) is 11.5. The van der Waals surface area contributed by atoms with Crippen molar-refractivity contribution in [3.8, 4) is 0 Å². The lowest BCUT2D eigenvalue weighted by molar-refractivity contribution is 0.295. The van der Waals surface area contributed by atoms with Crippen molar-refractivity contribution < 1.29 is 0 Å². The van der Waals surface area contributed by atoms with E-state index in [4.69, 9.17) is 11.5 Å². The van der Waals surface area contributed by atoms with Crippen molar-refractivity contribution in [2.24, 2.45) is 17.4 Å². The lowest BCUT2D eigenvalue weighted by Crippen LogP contribution is -2.51. The molecule has 0 bridgehead atoms. The van der Waals surface area contributed by atoms with Gasteiger partial charge in [-0.2, -0.15) is 0 Å². The fourth-order valence-electron chi connectivity index (χ4n) is 1.64. The van der Waals surface area contributed by atoms with Gasteiger partial charge in [-0.3, -0.25) is 0 Å². The molecule has 0 aromatic heterocycles. The first-order valence-corrected chi connectivity index (χ1v) is 4.24. The fourth-order valence-corrected chi connectivity index (χ4v) is 1.64. The number of nitrogens with two attached hydrogens (primary N) is 2. The van der Waals surface area contributed by atoms with Crippen molar-refractivity contribution in [3.05, 3.63) is 0 Å². The molecule has 0 amide bonds. The van der Waals surface area contributed by atoms with Gasteiger partial charge in [-0.1, -0.05) is 0 Å². The summed E-state index contributed by atoms with van der Waals surface area (Å²) in [6.07, 6.45) is 1.20. The summed E-state index contributed by atoms with van der Waals surface area (Å²) in [5, 5.41) is 0. The third kappa shape index (κ3) is 1.92. The van der Waals surface area contributed by atoms with E-state index < -0.39 is 0 Å². The fraction of sp³-hybridized carbons (Fsp3) is 1.00. The molecule has 1 aliphatic heterocycles. The Hall–Kier alpha value is -0.120. The normalized spacial score (nSPS) is 32.2. The third-order valence-corrected chi connectivity index (χ3v) is 2.76. The van der Waals surface area contributed by atoms with Gasteiger partial charge in [-0.25, -0.2) is 0 Å². The van der Waals surface area contributed by atoms with Gasteiger partial charge in [0.25, 0.3) is 0 Å². The lowest BCUT2D eigenvalue weighted by atomic mass is 9.86. The smallest absolute Gasteiger partial charge is 0.0291 e. The van der Waals surface area contributed by atoms with Crippen LogP contribution in [0.5, 0.6) is 0 Å². The van der Waals surface area contributed by atoms with Crippen molar-refractivity contribution in [1.82, 2.24) is 4.90 Å². The van der Waals surface area contributed by atoms with Crippen molar-refractivity contribution >= 4 is 0 Å². The molecule has 0 aromatic carbocycles. The summed E-state index contributed by atoms with van der Waals surface area (Å²) < 4.78 is 0. The molecule has 1 heterocycles. The van der Waals surface area contributed by atoms with Crippen LogP contribution in [0.4, 0.5) is 0 Å². The highest BCUT2D eigenvalue weighted by atomic mass is 15.1. The quantitative estimate of drug-likeness (QED) is 0.574. The third-order valence-electron chi connectivity index (χ3n) is 2.76. The molecule has 0 saturated carbocycles. The van der Waals surface area contributed by atoms with Gasteiger partial charge >= 0.3 is 0 Å². The summed E-state index contributed by atoms with van der Waals surface area (Å²) in [6.45, 7) is 4.91. The molecule has 0 aliphatic carbocycles. The molecular weight excluding hydrogens is 138 g/mol. The number of rotatable bonds is 2. The van der Waals surface area contributed by atoms with Crippen LogP contribution in [-0.4, -0.2) is 37.1 Å². The predicted octanol–water partition coefficient (Wildman–Crippen LogP) is -0.386. The first-order valence-electron chi connectivity index (χ1n) is 4.24. The molecule has 1 rings (SSSR count). The van der Waals surface area contributed by atoms with Crippen molar-refractivity contribution in [2.75, 3.05) is 26.7 Å². The molecule has 2 unspecified atom stereocenters. The van der Waals surface area contributed by atoms with E-state index in [1.54, 1.807) is 0 Å². The van der Waals surface area contributed by atoms with Crippen LogP contribution in [0.2, 0.25) is 0 Å². The van der Waals surface area contributed by atoms with Crippen LogP contribution in [0.3, 0.4) is 0 Å². The molecule has 3 nitrogen and oxygen atoms in total. The zero-order valence-corrected chi connectivity index (χ0v) is 7.51. The van der Waals surface area contributed by atoms with Crippen LogP contribution in [0.15, 0.2) is 0 Å². The van der Waals surface area contributed by atoms with Crippen LogP contribution in [0, 0.1) is 5.92 Å². The minimum Gasteiger partial charge on any atom is -0.329 e. The Balaban J connectivity index is 2.48. The van der Waals surface area contributed by atoms with E-state index in [2.05, 4.69) is 18.9 Å². The van der Waals surface area contributed by atoms with Crippen molar-refractivity contribution in [1.29, 1.82) is 0 Å². The molecule has 0 radical (unpaired) electrons. The topological polar surface area (TPSA) is 55.3 Å². The molecule has 1 fully saturated rings. The first-order chi connectivity index (χ1) is 5.06. The number of hydrogen-bond acceptors (Lipinski definition) is 3. The Labute approximate surface area is 68.7 Å². The van der Waals surface area contributed by atoms with Crippen LogP contribution >= 0.6 is 0 Å². The van der Waals surface area contributed by atoms with E-state index in [1.165, 1.54) is 6.42 Å². The van der Waals surface area contributed by atoms with Gasteiger partial charge in [0.05, 0.1) is 0 Å². The summed E-state index contributed by atoms with van der Waals surface area (Å²) in [6, 6.07) is 0. The van der Waals surface area contributed by atoms with Gasteiger partial charge in [0.1, 0.15) is 0 Å². The second-order valence-electron chi connectivity index (χ2n) is 3.96. The van der Waals surface area contributed by atoms with E-state index >= 15 is 0 Å². The minimum atomic E-state index is -0.162. The largest absolute Gasteiger partial charge is 0.329 e. The van der Waals surface area contributed by atoms with E-state index in [1.807, 2.05) is 0 Å². The average Bonchev–Trinajstić information content (AvgIpc) is 2.36. The highest BCUT2D eigenvalue weighted by Crippen LogP contribution is 2.23. The Morgan fingerprint density at radius 3 is 2.64 bits per heavy atom. The van der Waals surface area contributed by atoms with E-state index in [-0.39, 0.29) is 5.54 Å². The van der Waals surface area contributed by atoms with Gasteiger partial charge in [0, 0.05) is 18.6 Å². The second-order valence-corrected chi connectivity index (χ2v) is 3.96. The van der Waals surface area contributed by atoms with Crippen LogP contribution in [0.25, 0.3) is 0 Å². The molecule has 2 atom stereocenters. The van der Waals surface area contributed by atoms with E-state index in [0.717, 1.165) is 13.1 Å². The monoisotopic (exact) mass is 157 g/mol. The van der Waals surface area contributed by atoms with E-state index in [0.29, 0.717) is 12.5 Å². The lowest BCUT2D eigenvalue weighted by Gasteiger charge is -2.29. The van der Waals surface area contributed by atoms with Gasteiger partial charge < -0.3 is 16.4 Å². The zero-order valence-electron chi connectivity index (χ0n) is 7.51. The predicted molar refractivity (Wildman–Crippen MR) is 47.3 cm³/mol. The standard InChI is InChI=1S/C8H19N3/c1-8(10,6-9)7-3-4-11(2)5-7/h7H,3-6,9-10H2,1-2H3. The molecule has 11 heavy (non-hydrogen) atoms. The van der Waals surface area contributed by atoms with Gasteiger partial charge in [0.15, 0.2) is 0 Å². The molecule has 4 N–H and O–H groups in total. The van der Waals surface area contributed by atoms with E-state index in [9.17, 15) is 0 Å². The Bertz CT molecular complexity index is 133. The van der Waals surface area contributed by atoms with Gasteiger partial charge in [0.2, 0.25) is 0 Å². The number of nitrogens with zero attached hydrogens (tertiary/aromatic N) is 1. The van der Waals surface area contributed by atoms with Crippen LogP contribution < -0.4 is 11.5 Å². The van der Waals surface area contributed by atoms with Crippen molar-refractivity contribution in [2.45, 2.75) is 18.9 Å². The van der Waals surface area contributed by atoms with Gasteiger partial charge in [-0.15, -0.1) is 0 Å². The molecule has 66 valence electrons. The number of hydrogen-bond donors (Lipinski definition) is 2. The van der Waals surface area contributed by atoms with Crippen molar-refractivity contribution in [3.63, 3.8) is 0 Å². The second kappa shape index (κ2) is 3.09. The Morgan fingerprint density at radius 2 is 2.27 bits per heavy atom. The van der Waals surface area contributed by atoms with Gasteiger partial charge in [-0.05, 0) is 32.9 Å². The van der Waals surface area contributed by atoms with Crippen LogP contribution in [-0.2, 0) is 0 Å². The summed E-state index contributed by atoms with van der Waals surface area (Å²) in [4.78, 5) is 2.31. The molecular formula is C8H19N3. The zero-order chi connectivity index (χ0) is 8.48. The summed E-state index contributed by atoms with van der Waals surface area (Å²) >= 11 is 0. The maximum absolute atomic E-state index is 6.03. The average molecular weight is 157 g/mol.